The molecule has 0 radical (unpaired) electrons. The highest BCUT2D eigenvalue weighted by atomic mass is 16.5. The quantitative estimate of drug-likeness (QED) is 0.914. The van der Waals surface area contributed by atoms with E-state index in [1.807, 2.05) is 12.1 Å². The Labute approximate surface area is 139 Å². The summed E-state index contributed by atoms with van der Waals surface area (Å²) in [6.07, 6.45) is 2.57. The number of nitrogens with one attached hydrogen (secondary N) is 1. The number of para-hydroxylation sites is 1. The molecule has 1 aliphatic rings. The van der Waals surface area contributed by atoms with Gasteiger partial charge in [-0.1, -0.05) is 42.5 Å². The topological polar surface area (TPSA) is 24.5 Å². The molecule has 0 aliphatic carbocycles. The second-order valence-electron chi connectivity index (χ2n) is 6.26. The number of benzene rings is 2. The first-order valence-electron chi connectivity index (χ1n) is 8.42. The molecule has 0 bridgehead atoms. The van der Waals surface area contributed by atoms with E-state index in [1.165, 1.54) is 30.5 Å². The predicted octanol–water partition coefficient (Wildman–Crippen LogP) is 3.55. The average molecular weight is 310 g/mol. The summed E-state index contributed by atoms with van der Waals surface area (Å²) in [5.74, 6) is 0.924. The van der Waals surface area contributed by atoms with E-state index in [0.717, 1.165) is 24.4 Å². The lowest BCUT2D eigenvalue weighted by Crippen LogP contribution is -2.43. The van der Waals surface area contributed by atoms with Gasteiger partial charge in [-0.3, -0.25) is 4.90 Å². The molecule has 3 rings (SSSR count). The molecule has 1 fully saturated rings. The second-order valence-corrected chi connectivity index (χ2v) is 6.26. The Balaban J connectivity index is 1.70. The van der Waals surface area contributed by atoms with Crippen molar-refractivity contribution in [3.8, 4) is 16.9 Å². The summed E-state index contributed by atoms with van der Waals surface area (Å²) in [7, 11) is 3.79. The molecule has 0 spiro atoms. The Morgan fingerprint density at radius 3 is 2.65 bits per heavy atom. The van der Waals surface area contributed by atoms with E-state index in [9.17, 15) is 0 Å². The Kier molecular flexibility index (Phi) is 5.31. The standard InChI is InChI=1S/C20H26N2O/c1-21-18-6-5-13-22(15-18)14-16-9-11-17(12-10-16)19-7-3-4-8-20(19)23-2/h3-4,7-12,18,21H,5-6,13-15H2,1-2H3. The van der Waals surface area contributed by atoms with Crippen LogP contribution in [0.1, 0.15) is 18.4 Å². The molecule has 0 amide bonds. The highest BCUT2D eigenvalue weighted by molar-refractivity contribution is 5.70. The van der Waals surface area contributed by atoms with Gasteiger partial charge in [-0.15, -0.1) is 0 Å². The van der Waals surface area contributed by atoms with Gasteiger partial charge in [-0.05, 0) is 43.6 Å². The predicted molar refractivity (Wildman–Crippen MR) is 95.8 cm³/mol. The number of rotatable bonds is 5. The van der Waals surface area contributed by atoms with Gasteiger partial charge < -0.3 is 10.1 Å². The molecule has 1 saturated heterocycles. The molecular formula is C20H26N2O. The van der Waals surface area contributed by atoms with Crippen LogP contribution in [-0.4, -0.2) is 38.2 Å². The maximum Gasteiger partial charge on any atom is 0.126 e. The van der Waals surface area contributed by atoms with Crippen LogP contribution in [0.4, 0.5) is 0 Å². The monoisotopic (exact) mass is 310 g/mol. The van der Waals surface area contributed by atoms with E-state index < -0.39 is 0 Å². The van der Waals surface area contributed by atoms with Crippen LogP contribution in [0.5, 0.6) is 5.75 Å². The van der Waals surface area contributed by atoms with Crippen molar-refractivity contribution >= 4 is 0 Å². The minimum atomic E-state index is 0.636. The van der Waals surface area contributed by atoms with Crippen LogP contribution < -0.4 is 10.1 Å². The molecule has 122 valence electrons. The first kappa shape index (κ1) is 16.0. The highest BCUT2D eigenvalue weighted by Gasteiger charge is 2.18. The van der Waals surface area contributed by atoms with Gasteiger partial charge >= 0.3 is 0 Å². The molecule has 1 aliphatic heterocycles. The molecule has 0 saturated carbocycles. The third-order valence-corrected chi connectivity index (χ3v) is 4.69. The smallest absolute Gasteiger partial charge is 0.126 e. The van der Waals surface area contributed by atoms with Crippen LogP contribution in [0.25, 0.3) is 11.1 Å². The number of ether oxygens (including phenoxy) is 1. The number of hydrogen-bond donors (Lipinski definition) is 1. The molecule has 0 aromatic heterocycles. The van der Waals surface area contributed by atoms with Gasteiger partial charge in [0.15, 0.2) is 0 Å². The van der Waals surface area contributed by atoms with E-state index in [-0.39, 0.29) is 0 Å². The molecule has 3 heteroatoms. The zero-order chi connectivity index (χ0) is 16.1. The maximum absolute atomic E-state index is 5.46. The largest absolute Gasteiger partial charge is 0.496 e. The van der Waals surface area contributed by atoms with Crippen LogP contribution in [0.15, 0.2) is 48.5 Å². The maximum atomic E-state index is 5.46. The number of nitrogens with zero attached hydrogens (tertiary/aromatic N) is 1. The zero-order valence-electron chi connectivity index (χ0n) is 14.1. The van der Waals surface area contributed by atoms with Crippen molar-refractivity contribution < 1.29 is 4.74 Å². The summed E-state index contributed by atoms with van der Waals surface area (Å²) >= 11 is 0. The van der Waals surface area contributed by atoms with Gasteiger partial charge in [0, 0.05) is 24.7 Å². The van der Waals surface area contributed by atoms with Crippen LogP contribution in [-0.2, 0) is 6.54 Å². The molecule has 23 heavy (non-hydrogen) atoms. The van der Waals surface area contributed by atoms with Crippen molar-refractivity contribution in [1.82, 2.24) is 10.2 Å². The van der Waals surface area contributed by atoms with Crippen LogP contribution in [0.2, 0.25) is 0 Å². The Morgan fingerprint density at radius 2 is 1.91 bits per heavy atom. The van der Waals surface area contributed by atoms with Crippen LogP contribution in [0, 0.1) is 0 Å². The second kappa shape index (κ2) is 7.62. The van der Waals surface area contributed by atoms with E-state index in [1.54, 1.807) is 7.11 Å². The molecule has 2 aromatic carbocycles. The van der Waals surface area contributed by atoms with Crippen molar-refractivity contribution in [3.05, 3.63) is 54.1 Å². The normalized spacial score (nSPS) is 18.8. The van der Waals surface area contributed by atoms with Crippen LogP contribution in [0.3, 0.4) is 0 Å². The van der Waals surface area contributed by atoms with Crippen molar-refractivity contribution in [3.63, 3.8) is 0 Å². The van der Waals surface area contributed by atoms with Gasteiger partial charge in [0.1, 0.15) is 5.75 Å². The number of likely N-dealkylation sites (tertiary alicyclic amines) is 1. The molecule has 1 unspecified atom stereocenters. The molecule has 1 N–H and O–H groups in total. The molecule has 2 aromatic rings. The Morgan fingerprint density at radius 1 is 1.13 bits per heavy atom. The molecule has 3 nitrogen and oxygen atoms in total. The third kappa shape index (κ3) is 3.92. The first-order valence-corrected chi connectivity index (χ1v) is 8.42. The summed E-state index contributed by atoms with van der Waals surface area (Å²) < 4.78 is 5.46. The molecule has 1 atom stereocenters. The summed E-state index contributed by atoms with van der Waals surface area (Å²) in [6, 6.07) is 17.7. The highest BCUT2D eigenvalue weighted by Crippen LogP contribution is 2.29. The van der Waals surface area contributed by atoms with E-state index >= 15 is 0 Å². The molecule has 1 heterocycles. The number of likely N-dealkylation sites (N-methyl/N-ethyl adjacent to an activating group) is 1. The molecular weight excluding hydrogens is 284 g/mol. The first-order chi connectivity index (χ1) is 11.3. The van der Waals surface area contributed by atoms with Crippen molar-refractivity contribution in [2.24, 2.45) is 0 Å². The number of hydrogen-bond acceptors (Lipinski definition) is 3. The van der Waals surface area contributed by atoms with Crippen molar-refractivity contribution in [2.75, 3.05) is 27.2 Å². The van der Waals surface area contributed by atoms with Crippen molar-refractivity contribution in [1.29, 1.82) is 0 Å². The van der Waals surface area contributed by atoms with E-state index in [0.29, 0.717) is 6.04 Å². The number of methoxy groups -OCH3 is 1. The fraction of sp³-hybridized carbons (Fsp3) is 0.400. The van der Waals surface area contributed by atoms with E-state index in [2.05, 4.69) is 53.7 Å². The lowest BCUT2D eigenvalue weighted by Gasteiger charge is -2.32. The fourth-order valence-corrected chi connectivity index (χ4v) is 3.37. The van der Waals surface area contributed by atoms with Gasteiger partial charge in [0.25, 0.3) is 0 Å². The zero-order valence-corrected chi connectivity index (χ0v) is 14.1. The Bertz CT molecular complexity index is 624. The van der Waals surface area contributed by atoms with Gasteiger partial charge in [-0.2, -0.15) is 0 Å². The summed E-state index contributed by atoms with van der Waals surface area (Å²) in [6.45, 7) is 3.38. The lowest BCUT2D eigenvalue weighted by molar-refractivity contribution is 0.188. The van der Waals surface area contributed by atoms with Gasteiger partial charge in [0.2, 0.25) is 0 Å². The van der Waals surface area contributed by atoms with E-state index in [4.69, 9.17) is 4.74 Å². The lowest BCUT2D eigenvalue weighted by atomic mass is 10.0. The van der Waals surface area contributed by atoms with Gasteiger partial charge in [-0.25, -0.2) is 0 Å². The SMILES string of the molecule is CNC1CCCN(Cc2ccc(-c3ccccc3OC)cc2)C1. The van der Waals surface area contributed by atoms with Crippen molar-refractivity contribution in [2.45, 2.75) is 25.4 Å². The summed E-state index contributed by atoms with van der Waals surface area (Å²) in [4.78, 5) is 2.54. The summed E-state index contributed by atoms with van der Waals surface area (Å²) in [5.41, 5.74) is 3.73. The van der Waals surface area contributed by atoms with Gasteiger partial charge in [0.05, 0.1) is 7.11 Å². The summed E-state index contributed by atoms with van der Waals surface area (Å²) in [5, 5.41) is 3.41. The average Bonchev–Trinajstić information content (AvgIpc) is 2.62. The Hall–Kier alpha value is -1.84. The minimum absolute atomic E-state index is 0.636. The fourth-order valence-electron chi connectivity index (χ4n) is 3.37. The minimum Gasteiger partial charge on any atom is -0.496 e. The third-order valence-electron chi connectivity index (χ3n) is 4.69. The van der Waals surface area contributed by atoms with Crippen LogP contribution >= 0.6 is 0 Å². The number of piperidine rings is 1.